The van der Waals surface area contributed by atoms with Crippen molar-refractivity contribution in [3.8, 4) is 0 Å². The van der Waals surface area contributed by atoms with E-state index in [0.717, 1.165) is 6.54 Å². The van der Waals surface area contributed by atoms with Gasteiger partial charge >= 0.3 is 0 Å². The van der Waals surface area contributed by atoms with Gasteiger partial charge in [0, 0.05) is 12.7 Å². The van der Waals surface area contributed by atoms with Crippen LogP contribution in [0, 0.1) is 10.8 Å². The highest BCUT2D eigenvalue weighted by atomic mass is 15.1. The quantitative estimate of drug-likeness (QED) is 0.656. The van der Waals surface area contributed by atoms with E-state index in [1.54, 1.807) is 6.20 Å². The summed E-state index contributed by atoms with van der Waals surface area (Å²) in [6.45, 7) is 3.37. The fraction of sp³-hybridized carbons (Fsp3) is 0.625. The van der Waals surface area contributed by atoms with E-state index in [9.17, 15) is 0 Å². The summed E-state index contributed by atoms with van der Waals surface area (Å²) >= 11 is 0. The number of likely N-dealkylation sites (tertiary alicyclic amines) is 1. The minimum absolute atomic E-state index is 0.0513. The molecule has 0 aromatic carbocycles. The van der Waals surface area contributed by atoms with Gasteiger partial charge < -0.3 is 5.73 Å². The molecule has 0 bridgehead atoms. The Kier molecular flexibility index (Phi) is 3.74. The van der Waals surface area contributed by atoms with E-state index in [0.29, 0.717) is 11.1 Å². The zero-order chi connectivity index (χ0) is 14.0. The van der Waals surface area contributed by atoms with E-state index in [1.165, 1.54) is 57.2 Å². The van der Waals surface area contributed by atoms with Gasteiger partial charge in [0.05, 0.1) is 0 Å². The Morgan fingerprint density at radius 3 is 2.60 bits per heavy atom. The summed E-state index contributed by atoms with van der Waals surface area (Å²) in [5.74, 6) is 0.0513. The molecule has 2 fully saturated rings. The number of pyridine rings is 1. The van der Waals surface area contributed by atoms with E-state index >= 15 is 0 Å². The number of hydrogen-bond donors (Lipinski definition) is 2. The molecule has 0 radical (unpaired) electrons. The fourth-order valence-corrected chi connectivity index (χ4v) is 3.79. The Morgan fingerprint density at radius 1 is 1.25 bits per heavy atom. The maximum absolute atomic E-state index is 7.46. The van der Waals surface area contributed by atoms with Crippen molar-refractivity contribution in [2.24, 2.45) is 11.1 Å². The average molecular weight is 272 g/mol. The maximum Gasteiger partial charge on any atom is 0.141 e. The molecule has 0 unspecified atom stereocenters. The van der Waals surface area contributed by atoms with Crippen LogP contribution in [0.3, 0.4) is 0 Å². The normalized spacial score (nSPS) is 22.2. The third-order valence-electron chi connectivity index (χ3n) is 5.09. The van der Waals surface area contributed by atoms with Crippen molar-refractivity contribution in [1.29, 1.82) is 5.41 Å². The molecule has 3 N–H and O–H groups in total. The summed E-state index contributed by atoms with van der Waals surface area (Å²) in [5, 5.41) is 7.46. The summed E-state index contributed by atoms with van der Waals surface area (Å²) in [6, 6.07) is 3.98. The molecule has 0 amide bonds. The highest BCUT2D eigenvalue weighted by Crippen LogP contribution is 2.46. The van der Waals surface area contributed by atoms with Gasteiger partial charge in [-0.25, -0.2) is 0 Å². The van der Waals surface area contributed by atoms with Crippen LogP contribution in [-0.4, -0.2) is 28.8 Å². The van der Waals surface area contributed by atoms with Crippen molar-refractivity contribution in [1.82, 2.24) is 9.88 Å². The van der Waals surface area contributed by atoms with E-state index in [1.807, 2.05) is 12.1 Å². The lowest BCUT2D eigenvalue weighted by molar-refractivity contribution is 0.103. The van der Waals surface area contributed by atoms with Gasteiger partial charge in [-0.15, -0.1) is 0 Å². The van der Waals surface area contributed by atoms with Crippen LogP contribution in [-0.2, 0) is 6.54 Å². The second kappa shape index (κ2) is 5.52. The lowest BCUT2D eigenvalue weighted by atomic mass is 9.77. The first kappa shape index (κ1) is 13.6. The minimum atomic E-state index is 0.0513. The molecule has 0 atom stereocenters. The summed E-state index contributed by atoms with van der Waals surface area (Å²) in [6.07, 6.45) is 10.2. The first-order valence-corrected chi connectivity index (χ1v) is 7.69. The van der Waals surface area contributed by atoms with Crippen molar-refractivity contribution in [3.05, 3.63) is 29.6 Å². The molecular formula is C16H24N4. The van der Waals surface area contributed by atoms with Gasteiger partial charge in [-0.2, -0.15) is 0 Å². The molecule has 108 valence electrons. The first-order valence-electron chi connectivity index (χ1n) is 7.69. The molecule has 2 heterocycles. The van der Waals surface area contributed by atoms with Crippen LogP contribution in [0.2, 0.25) is 0 Å². The van der Waals surface area contributed by atoms with Gasteiger partial charge in [0.25, 0.3) is 0 Å². The molecule has 1 saturated heterocycles. The second-order valence-corrected chi connectivity index (χ2v) is 6.45. The number of aromatic nitrogens is 1. The summed E-state index contributed by atoms with van der Waals surface area (Å²) < 4.78 is 0. The molecule has 2 aliphatic rings. The molecule has 1 spiro atoms. The van der Waals surface area contributed by atoms with Gasteiger partial charge in [-0.1, -0.05) is 12.8 Å². The van der Waals surface area contributed by atoms with Crippen molar-refractivity contribution >= 4 is 5.84 Å². The topological polar surface area (TPSA) is 66.0 Å². The predicted octanol–water partition coefficient (Wildman–Crippen LogP) is 2.52. The lowest BCUT2D eigenvalue weighted by Gasteiger charge is -2.39. The van der Waals surface area contributed by atoms with Crippen LogP contribution in [0.15, 0.2) is 18.3 Å². The zero-order valence-corrected chi connectivity index (χ0v) is 12.1. The number of nitrogens with two attached hydrogens (primary N) is 1. The summed E-state index contributed by atoms with van der Waals surface area (Å²) in [7, 11) is 0. The number of nitrogens with one attached hydrogen (secondary N) is 1. The molecule has 4 nitrogen and oxygen atoms in total. The molecular weight excluding hydrogens is 248 g/mol. The third kappa shape index (κ3) is 2.85. The third-order valence-corrected chi connectivity index (χ3v) is 5.09. The van der Waals surface area contributed by atoms with Crippen LogP contribution in [0.25, 0.3) is 0 Å². The van der Waals surface area contributed by atoms with Crippen molar-refractivity contribution in [2.45, 2.75) is 45.1 Å². The molecule has 4 heteroatoms. The Bertz CT molecular complexity index is 481. The average Bonchev–Trinajstić information content (AvgIpc) is 2.90. The van der Waals surface area contributed by atoms with Crippen molar-refractivity contribution in [3.63, 3.8) is 0 Å². The minimum Gasteiger partial charge on any atom is -0.382 e. The fourth-order valence-electron chi connectivity index (χ4n) is 3.79. The SMILES string of the molecule is N=C(N)c1cc(CN2CCC3(CCCC3)CC2)ccn1. The lowest BCUT2D eigenvalue weighted by Crippen LogP contribution is -2.38. The van der Waals surface area contributed by atoms with E-state index in [4.69, 9.17) is 11.1 Å². The molecule has 1 saturated carbocycles. The smallest absolute Gasteiger partial charge is 0.141 e. The largest absolute Gasteiger partial charge is 0.382 e. The summed E-state index contributed by atoms with van der Waals surface area (Å²) in [5.41, 5.74) is 7.99. The molecule has 20 heavy (non-hydrogen) atoms. The number of nitrogen functional groups attached to an aromatic ring is 1. The first-order chi connectivity index (χ1) is 9.67. The Morgan fingerprint density at radius 2 is 1.95 bits per heavy atom. The molecule has 3 rings (SSSR count). The van der Waals surface area contributed by atoms with Crippen LogP contribution in [0.1, 0.15) is 49.8 Å². The standard InChI is InChI=1S/C16H24N4/c17-15(18)14-11-13(3-8-19-14)12-20-9-6-16(7-10-20)4-1-2-5-16/h3,8,11H,1-2,4-7,9-10,12H2,(H3,17,18). The van der Waals surface area contributed by atoms with Gasteiger partial charge in [0.1, 0.15) is 11.5 Å². The molecule has 1 aliphatic heterocycles. The number of hydrogen-bond acceptors (Lipinski definition) is 3. The number of piperidine rings is 1. The number of amidine groups is 1. The number of nitrogens with zero attached hydrogens (tertiary/aromatic N) is 2. The summed E-state index contributed by atoms with van der Waals surface area (Å²) in [4.78, 5) is 6.65. The van der Waals surface area contributed by atoms with E-state index in [-0.39, 0.29) is 5.84 Å². The van der Waals surface area contributed by atoms with Crippen molar-refractivity contribution < 1.29 is 0 Å². The van der Waals surface area contributed by atoms with Crippen LogP contribution in [0.5, 0.6) is 0 Å². The maximum atomic E-state index is 7.46. The second-order valence-electron chi connectivity index (χ2n) is 6.45. The highest BCUT2D eigenvalue weighted by Gasteiger charge is 2.36. The van der Waals surface area contributed by atoms with Gasteiger partial charge in [-0.05, 0) is 61.9 Å². The van der Waals surface area contributed by atoms with Crippen LogP contribution < -0.4 is 5.73 Å². The van der Waals surface area contributed by atoms with E-state index < -0.39 is 0 Å². The zero-order valence-electron chi connectivity index (χ0n) is 12.1. The van der Waals surface area contributed by atoms with Crippen molar-refractivity contribution in [2.75, 3.05) is 13.1 Å². The molecule has 1 aromatic heterocycles. The Labute approximate surface area is 120 Å². The molecule has 1 aliphatic carbocycles. The Balaban J connectivity index is 1.59. The van der Waals surface area contributed by atoms with Gasteiger partial charge in [-0.3, -0.25) is 15.3 Å². The van der Waals surface area contributed by atoms with Crippen LogP contribution in [0.4, 0.5) is 0 Å². The predicted molar refractivity (Wildman–Crippen MR) is 80.7 cm³/mol. The van der Waals surface area contributed by atoms with E-state index in [2.05, 4.69) is 9.88 Å². The van der Waals surface area contributed by atoms with Gasteiger partial charge in [0.15, 0.2) is 0 Å². The highest BCUT2D eigenvalue weighted by molar-refractivity contribution is 5.93. The molecule has 1 aromatic rings. The Hall–Kier alpha value is -1.42. The monoisotopic (exact) mass is 272 g/mol. The van der Waals surface area contributed by atoms with Gasteiger partial charge in [0.2, 0.25) is 0 Å². The van der Waals surface area contributed by atoms with Crippen LogP contribution >= 0.6 is 0 Å². The number of rotatable bonds is 3.